The van der Waals surface area contributed by atoms with Crippen molar-refractivity contribution in [3.8, 4) is 0 Å². The number of nitrogens with zero attached hydrogens (tertiary/aromatic N) is 1. The molecule has 0 aliphatic heterocycles. The van der Waals surface area contributed by atoms with Crippen molar-refractivity contribution in [2.75, 3.05) is 12.3 Å². The molecule has 1 aromatic heterocycles. The second-order valence-corrected chi connectivity index (χ2v) is 5.78. The first kappa shape index (κ1) is 14.1. The number of hydrogen-bond donors (Lipinski definition) is 2. The summed E-state index contributed by atoms with van der Waals surface area (Å²) < 4.78 is 26.0. The highest BCUT2D eigenvalue weighted by Crippen LogP contribution is 2.10. The fourth-order valence-electron chi connectivity index (χ4n) is 1.46. The van der Waals surface area contributed by atoms with Gasteiger partial charge >= 0.3 is 0 Å². The molecule has 0 radical (unpaired) electrons. The molecule has 0 spiro atoms. The molecule has 17 heavy (non-hydrogen) atoms. The van der Waals surface area contributed by atoms with Gasteiger partial charge in [0.05, 0.1) is 17.5 Å². The molecule has 6 heteroatoms. The normalized spacial score (nSPS) is 13.5. The van der Waals surface area contributed by atoms with Crippen molar-refractivity contribution in [1.29, 1.82) is 0 Å². The van der Waals surface area contributed by atoms with E-state index in [1.54, 1.807) is 25.3 Å². The zero-order chi connectivity index (χ0) is 12.7. The first-order chi connectivity index (χ1) is 8.05. The van der Waals surface area contributed by atoms with Gasteiger partial charge in [-0.3, -0.25) is 4.98 Å². The predicted octanol–water partition coefficient (Wildman–Crippen LogP) is 0.801. The smallest absolute Gasteiger partial charge is 0.212 e. The summed E-state index contributed by atoms with van der Waals surface area (Å²) in [4.78, 5) is 4.11. The number of unbranched alkanes of at least 4 members (excludes halogenated alkanes) is 1. The van der Waals surface area contributed by atoms with Gasteiger partial charge in [-0.2, -0.15) is 0 Å². The van der Waals surface area contributed by atoms with Crippen molar-refractivity contribution < 1.29 is 8.42 Å². The number of rotatable bonds is 7. The monoisotopic (exact) mass is 257 g/mol. The van der Waals surface area contributed by atoms with E-state index in [1.807, 2.05) is 6.07 Å². The fraction of sp³-hybridized carbons (Fsp3) is 0.545. The van der Waals surface area contributed by atoms with Gasteiger partial charge in [-0.05, 0) is 38.4 Å². The van der Waals surface area contributed by atoms with Crippen molar-refractivity contribution in [3.05, 3.63) is 30.1 Å². The summed E-state index contributed by atoms with van der Waals surface area (Å²) in [7, 11) is -3.25. The Morgan fingerprint density at radius 2 is 2.18 bits per heavy atom. The second-order valence-electron chi connectivity index (χ2n) is 3.91. The standard InChI is InChI=1S/C11H19N3O2S/c1-10(11-6-2-4-8-13-11)14-17(15,16)9-5-3-7-12/h2,4,6,8,10,14H,3,5,7,9,12H2,1H3. The van der Waals surface area contributed by atoms with E-state index in [4.69, 9.17) is 5.73 Å². The Bertz CT molecular complexity index is 420. The van der Waals surface area contributed by atoms with Crippen molar-refractivity contribution in [2.45, 2.75) is 25.8 Å². The Morgan fingerprint density at radius 3 is 2.76 bits per heavy atom. The molecule has 0 aliphatic rings. The lowest BCUT2D eigenvalue weighted by molar-refractivity contribution is 0.560. The topological polar surface area (TPSA) is 85.1 Å². The van der Waals surface area contributed by atoms with Crippen LogP contribution in [-0.4, -0.2) is 25.7 Å². The molecule has 0 aromatic carbocycles. The van der Waals surface area contributed by atoms with Gasteiger partial charge in [0.25, 0.3) is 0 Å². The van der Waals surface area contributed by atoms with Gasteiger partial charge in [0.1, 0.15) is 0 Å². The molecule has 0 amide bonds. The first-order valence-electron chi connectivity index (χ1n) is 5.66. The van der Waals surface area contributed by atoms with E-state index in [9.17, 15) is 8.42 Å². The third-order valence-corrected chi connectivity index (χ3v) is 3.89. The Kier molecular flexibility index (Phi) is 5.54. The minimum Gasteiger partial charge on any atom is -0.330 e. The van der Waals surface area contributed by atoms with Crippen LogP contribution in [0.2, 0.25) is 0 Å². The Balaban J connectivity index is 2.53. The van der Waals surface area contributed by atoms with E-state index >= 15 is 0 Å². The molecule has 0 aliphatic carbocycles. The summed E-state index contributed by atoms with van der Waals surface area (Å²) in [6.07, 6.45) is 2.95. The zero-order valence-electron chi connectivity index (χ0n) is 9.96. The minimum atomic E-state index is -3.25. The van der Waals surface area contributed by atoms with Crippen LogP contribution < -0.4 is 10.5 Å². The first-order valence-corrected chi connectivity index (χ1v) is 7.31. The molecular weight excluding hydrogens is 238 g/mol. The molecule has 3 N–H and O–H groups in total. The van der Waals surface area contributed by atoms with Crippen molar-refractivity contribution in [1.82, 2.24) is 9.71 Å². The molecule has 0 saturated heterocycles. The summed E-state index contributed by atoms with van der Waals surface area (Å²) >= 11 is 0. The van der Waals surface area contributed by atoms with Crippen LogP contribution in [0.5, 0.6) is 0 Å². The maximum atomic E-state index is 11.7. The van der Waals surface area contributed by atoms with E-state index in [0.717, 1.165) is 12.1 Å². The molecule has 0 saturated carbocycles. The molecule has 0 bridgehead atoms. The number of hydrogen-bond acceptors (Lipinski definition) is 4. The lowest BCUT2D eigenvalue weighted by Gasteiger charge is -2.13. The molecule has 96 valence electrons. The molecule has 1 rings (SSSR count). The highest BCUT2D eigenvalue weighted by Gasteiger charge is 2.15. The van der Waals surface area contributed by atoms with E-state index < -0.39 is 10.0 Å². The fourth-order valence-corrected chi connectivity index (χ4v) is 2.82. The quantitative estimate of drug-likeness (QED) is 0.708. The van der Waals surface area contributed by atoms with Gasteiger partial charge in [0.15, 0.2) is 0 Å². The van der Waals surface area contributed by atoms with E-state index in [2.05, 4.69) is 9.71 Å². The zero-order valence-corrected chi connectivity index (χ0v) is 10.8. The predicted molar refractivity (Wildman–Crippen MR) is 67.9 cm³/mol. The van der Waals surface area contributed by atoms with Crippen LogP contribution in [0.15, 0.2) is 24.4 Å². The Morgan fingerprint density at radius 1 is 1.41 bits per heavy atom. The average molecular weight is 257 g/mol. The van der Waals surface area contributed by atoms with Gasteiger partial charge in [-0.1, -0.05) is 6.07 Å². The van der Waals surface area contributed by atoms with Crippen LogP contribution in [0.25, 0.3) is 0 Å². The number of aromatic nitrogens is 1. The molecule has 1 aromatic rings. The summed E-state index contributed by atoms with van der Waals surface area (Å²) in [5.74, 6) is 0.112. The number of nitrogens with one attached hydrogen (secondary N) is 1. The Hall–Kier alpha value is -0.980. The van der Waals surface area contributed by atoms with Gasteiger partial charge < -0.3 is 5.73 Å². The summed E-state index contributed by atoms with van der Waals surface area (Å²) in [5.41, 5.74) is 6.04. The molecule has 1 unspecified atom stereocenters. The molecular formula is C11H19N3O2S. The van der Waals surface area contributed by atoms with Crippen LogP contribution in [0, 0.1) is 0 Å². The molecule has 5 nitrogen and oxygen atoms in total. The number of sulfonamides is 1. The highest BCUT2D eigenvalue weighted by atomic mass is 32.2. The minimum absolute atomic E-state index is 0.112. The second kappa shape index (κ2) is 6.68. The lowest BCUT2D eigenvalue weighted by atomic mass is 10.2. The van der Waals surface area contributed by atoms with E-state index in [-0.39, 0.29) is 11.8 Å². The third kappa shape index (κ3) is 5.25. The van der Waals surface area contributed by atoms with Crippen LogP contribution in [0.4, 0.5) is 0 Å². The summed E-state index contributed by atoms with van der Waals surface area (Å²) in [6.45, 7) is 2.30. The lowest BCUT2D eigenvalue weighted by Crippen LogP contribution is -2.29. The summed E-state index contributed by atoms with van der Waals surface area (Å²) in [6, 6.07) is 5.12. The van der Waals surface area contributed by atoms with Gasteiger partial charge in [-0.15, -0.1) is 0 Å². The molecule has 0 fully saturated rings. The van der Waals surface area contributed by atoms with Crippen LogP contribution in [-0.2, 0) is 10.0 Å². The Labute approximate surface area is 102 Å². The maximum Gasteiger partial charge on any atom is 0.212 e. The highest BCUT2D eigenvalue weighted by molar-refractivity contribution is 7.89. The van der Waals surface area contributed by atoms with E-state index in [1.165, 1.54) is 0 Å². The average Bonchev–Trinajstić information content (AvgIpc) is 2.30. The van der Waals surface area contributed by atoms with Crippen LogP contribution in [0.3, 0.4) is 0 Å². The van der Waals surface area contributed by atoms with Gasteiger partial charge in [0.2, 0.25) is 10.0 Å². The SMILES string of the molecule is CC(NS(=O)(=O)CCCCN)c1ccccn1. The van der Waals surface area contributed by atoms with Crippen molar-refractivity contribution in [2.24, 2.45) is 5.73 Å². The van der Waals surface area contributed by atoms with Crippen molar-refractivity contribution >= 4 is 10.0 Å². The largest absolute Gasteiger partial charge is 0.330 e. The number of nitrogens with two attached hydrogens (primary N) is 1. The molecule has 1 atom stereocenters. The van der Waals surface area contributed by atoms with E-state index in [0.29, 0.717) is 13.0 Å². The third-order valence-electron chi connectivity index (χ3n) is 2.35. The van der Waals surface area contributed by atoms with Crippen LogP contribution >= 0.6 is 0 Å². The maximum absolute atomic E-state index is 11.7. The molecule has 1 heterocycles. The summed E-state index contributed by atoms with van der Waals surface area (Å²) in [5, 5.41) is 0. The van der Waals surface area contributed by atoms with Crippen molar-refractivity contribution in [3.63, 3.8) is 0 Å². The van der Waals surface area contributed by atoms with Gasteiger partial charge in [0, 0.05) is 6.20 Å². The van der Waals surface area contributed by atoms with Gasteiger partial charge in [-0.25, -0.2) is 13.1 Å². The number of pyridine rings is 1. The van der Waals surface area contributed by atoms with Crippen LogP contribution in [0.1, 0.15) is 31.5 Å².